The maximum Gasteiger partial charge on any atom is 0.255 e. The van der Waals surface area contributed by atoms with Crippen LogP contribution in [0, 0.1) is 0 Å². The van der Waals surface area contributed by atoms with Gasteiger partial charge in [0, 0.05) is 102 Å². The number of ketones is 8. The predicted molar refractivity (Wildman–Crippen MR) is 500 cm³/mol. The number of para-hydroxylation sites is 2. The van der Waals surface area contributed by atoms with Gasteiger partial charge in [-0.25, -0.2) is 4.98 Å². The molecule has 7 fully saturated rings. The lowest BCUT2D eigenvalue weighted by molar-refractivity contribution is -0.134. The molecule has 4 unspecified atom stereocenters. The monoisotopic (exact) mass is 1830 g/mol. The van der Waals surface area contributed by atoms with Crippen molar-refractivity contribution in [3.63, 3.8) is 0 Å². The number of nitrogens with zero attached hydrogens (tertiary/aromatic N) is 8. The zero-order valence-electron chi connectivity index (χ0n) is 75.5. The summed E-state index contributed by atoms with van der Waals surface area (Å²) in [6.45, 7) is 12.9. The van der Waals surface area contributed by atoms with Crippen LogP contribution < -0.4 is 24.3 Å². The van der Waals surface area contributed by atoms with Gasteiger partial charge in [0.2, 0.25) is 0 Å². The Morgan fingerprint density at radius 3 is 1.28 bits per heavy atom. The lowest BCUT2D eigenvalue weighted by atomic mass is 9.90. The normalized spacial score (nSPS) is 20.5. The Morgan fingerprint density at radius 2 is 0.828 bits per heavy atom. The van der Waals surface area contributed by atoms with Gasteiger partial charge in [0.05, 0.1) is 100 Å². The number of carbonyl (C=O) groups excluding carboxylic acids is 12. The van der Waals surface area contributed by atoms with E-state index in [0.29, 0.717) is 142 Å². The third-order valence-electron chi connectivity index (χ3n) is 27.8. The minimum Gasteiger partial charge on any atom is -0.489 e. The van der Waals surface area contributed by atoms with Crippen molar-refractivity contribution in [1.29, 1.82) is 0 Å². The Morgan fingerprint density at radius 1 is 0.410 bits per heavy atom. The number of likely N-dealkylation sites (tertiary alicyclic amines) is 1. The molecule has 134 heavy (non-hydrogen) atoms. The number of Topliss-reactive ketones (excluding diaryl/α,β-unsaturated/α-hetero) is 8. The van der Waals surface area contributed by atoms with Gasteiger partial charge in [-0.1, -0.05) is 103 Å². The maximum absolute atomic E-state index is 13.1. The first-order chi connectivity index (χ1) is 64.7. The van der Waals surface area contributed by atoms with Gasteiger partial charge < -0.3 is 57.6 Å². The molecule has 28 heteroatoms. The Hall–Kier alpha value is -12.7. The first-order valence-corrected chi connectivity index (χ1v) is 47.0. The molecule has 696 valence electrons. The van der Waals surface area contributed by atoms with Gasteiger partial charge in [0.15, 0.2) is 23.1 Å². The number of carbonyl (C=O) groups is 12. The SMILES string of the molecule is Cl.Cn1c(COc2cccc3c2CN(C2CCC(=O)CC2=O)C3=O)nc2ccccc21.O=C1CCC(N2Cc3c(OCc4cc5ccc(CN6CCCCC6)cc5o4)cccc3C2=O)C(=O)C1.O=C1CCC(N2Cc3c(OCc4ccc(C5CCNCC5)cc4)cccc3C2=O)C(=O)C1.O=C1CCC(N2Cc3c(OCc4ccc(CCCN5CCOCC5)cc4)cccc3C2=O)C(=O)C1. The van der Waals surface area contributed by atoms with E-state index in [-0.39, 0.29) is 121 Å². The molecule has 2 aromatic heterocycles. The molecule has 7 aliphatic heterocycles. The van der Waals surface area contributed by atoms with Gasteiger partial charge in [-0.15, -0.1) is 12.4 Å². The number of benzene rings is 8. The first-order valence-electron chi connectivity index (χ1n) is 47.0. The highest BCUT2D eigenvalue weighted by Crippen LogP contribution is 2.41. The van der Waals surface area contributed by atoms with Crippen molar-refractivity contribution in [2.45, 2.75) is 211 Å². The van der Waals surface area contributed by atoms with E-state index in [1.54, 1.807) is 56.0 Å². The number of hydrogen-bond acceptors (Lipinski definition) is 22. The zero-order chi connectivity index (χ0) is 91.8. The van der Waals surface area contributed by atoms with Crippen molar-refractivity contribution < 1.29 is 85.6 Å². The van der Waals surface area contributed by atoms with E-state index in [1.165, 1.54) is 48.8 Å². The highest BCUT2D eigenvalue weighted by atomic mass is 35.5. The maximum atomic E-state index is 13.1. The summed E-state index contributed by atoms with van der Waals surface area (Å²) in [4.78, 5) is 164. The van der Waals surface area contributed by atoms with Gasteiger partial charge in [0.25, 0.3) is 23.6 Å². The van der Waals surface area contributed by atoms with E-state index in [9.17, 15) is 57.5 Å². The molecule has 4 saturated carbocycles. The summed E-state index contributed by atoms with van der Waals surface area (Å²) in [5.74, 6) is 3.25. The van der Waals surface area contributed by atoms with Crippen LogP contribution in [0.2, 0.25) is 0 Å². The smallest absolute Gasteiger partial charge is 0.255 e. The molecule has 10 aromatic rings. The number of halogens is 1. The fourth-order valence-corrected chi connectivity index (χ4v) is 20.4. The van der Waals surface area contributed by atoms with Crippen molar-refractivity contribution >= 4 is 104 Å². The molecule has 0 bridgehead atoms. The van der Waals surface area contributed by atoms with Crippen molar-refractivity contribution in [2.75, 3.05) is 59.0 Å². The van der Waals surface area contributed by atoms with E-state index in [1.807, 2.05) is 78.3 Å². The summed E-state index contributed by atoms with van der Waals surface area (Å²) >= 11 is 0. The highest BCUT2D eigenvalue weighted by Gasteiger charge is 2.45. The van der Waals surface area contributed by atoms with Crippen LogP contribution in [-0.2, 0) is 116 Å². The van der Waals surface area contributed by atoms with Crippen molar-refractivity contribution in [3.8, 4) is 23.0 Å². The average molecular weight is 1840 g/mol. The van der Waals surface area contributed by atoms with Crippen LogP contribution >= 0.6 is 12.4 Å². The molecule has 9 heterocycles. The molecule has 0 radical (unpaired) electrons. The van der Waals surface area contributed by atoms with Crippen LogP contribution in [-0.4, -0.2) is 192 Å². The molecule has 11 aliphatic rings. The van der Waals surface area contributed by atoms with E-state index in [0.717, 1.165) is 145 Å². The summed E-state index contributed by atoms with van der Waals surface area (Å²) in [7, 11) is 1.95. The number of hydrogen-bond donors (Lipinski definition) is 1. The number of fused-ring (bicyclic) bond motifs is 6. The molecule has 1 N–H and O–H groups in total. The first kappa shape index (κ1) is 93.2. The minimum atomic E-state index is -0.537. The zero-order valence-corrected chi connectivity index (χ0v) is 76.4. The number of furan rings is 1. The molecule has 27 nitrogen and oxygen atoms in total. The van der Waals surface area contributed by atoms with Crippen LogP contribution in [0.15, 0.2) is 174 Å². The molecule has 4 aliphatic carbocycles. The predicted octanol–water partition coefficient (Wildman–Crippen LogP) is 14.4. The number of aryl methyl sites for hydroxylation is 2. The molecule has 8 aromatic carbocycles. The standard InChI is InChI=1S/C29H30N2O5.C28H32N2O5.C26H28N2O4.C23H21N3O4.ClH/c32-21-9-10-25(26(33)15-21)31-17-24-23(29(31)34)5-4-6-27(24)35-18-22-14-20-8-7-19(13-28(20)36-22)16-30-11-2-1-3-12-30;31-22-10-11-25(26(32)17-22)30-18-24-23(28(30)33)4-1-5-27(24)35-19-21-8-6-20(7-9-21)3-2-12-29-13-15-34-16-14-29;29-20-8-9-23(24(30)14-20)28-15-22-21(26(28)31)2-1-3-25(22)32-16-17-4-6-18(7-5-17)19-10-12-27-13-11-19;1-25-18-7-3-2-6-17(18)24-22(25)13-30-21-8-4-5-15-16(21)12-26(23(15)29)19-10-9-14(27)11-20(19)28;/h4-8,13-14,25H,1-3,9-12,15-18H2;1,4-9,25H,2-3,10-19H2;1-7,19,23,27H,8-16H2;2-8,19H,9-13H2,1H3;1H. The fraction of sp³-hybridized carbons (Fsp3) is 0.406. The van der Waals surface area contributed by atoms with E-state index >= 15 is 0 Å². The number of piperidine rings is 2. The van der Waals surface area contributed by atoms with Gasteiger partial charge in [-0.05, 0) is 203 Å². The Bertz CT molecular complexity index is 6140. The van der Waals surface area contributed by atoms with Gasteiger partial charge in [-0.3, -0.25) is 67.3 Å². The number of imidazole rings is 1. The molecule has 4 atom stereocenters. The number of aromatic nitrogens is 2. The second-order valence-corrected chi connectivity index (χ2v) is 36.6. The Balaban J connectivity index is 0.000000124. The molecule has 21 rings (SSSR count). The van der Waals surface area contributed by atoms with Gasteiger partial charge in [0.1, 0.15) is 89.7 Å². The summed E-state index contributed by atoms with van der Waals surface area (Å²) in [5.41, 5.74) is 14.4. The summed E-state index contributed by atoms with van der Waals surface area (Å²) in [6, 6.07) is 53.1. The number of amides is 4. The Kier molecular flexibility index (Phi) is 29.4. The second kappa shape index (κ2) is 42.3. The lowest BCUT2D eigenvalue weighted by Gasteiger charge is -2.29. The molecular formula is C106H112ClN9O18. The van der Waals surface area contributed by atoms with Gasteiger partial charge in [-0.2, -0.15) is 0 Å². The van der Waals surface area contributed by atoms with Crippen LogP contribution in [0.25, 0.3) is 22.0 Å². The van der Waals surface area contributed by atoms with E-state index < -0.39 is 24.2 Å². The fourth-order valence-electron chi connectivity index (χ4n) is 20.4. The van der Waals surface area contributed by atoms with Crippen molar-refractivity contribution in [2.24, 2.45) is 7.05 Å². The number of rotatable bonds is 23. The summed E-state index contributed by atoms with van der Waals surface area (Å²) in [5, 5.41) is 4.45. The lowest BCUT2D eigenvalue weighted by Crippen LogP contribution is -2.44. The number of morpholine rings is 1. The molecule has 3 saturated heterocycles. The number of ether oxygens (including phenoxy) is 5. The topological polar surface area (TPSA) is 313 Å². The second-order valence-electron chi connectivity index (χ2n) is 36.6. The third kappa shape index (κ3) is 21.1. The summed E-state index contributed by atoms with van der Waals surface area (Å²) in [6.07, 6.45) is 11.1. The molecule has 0 spiro atoms. The summed E-state index contributed by atoms with van der Waals surface area (Å²) < 4.78 is 37.9. The largest absolute Gasteiger partial charge is 0.489 e. The molecule has 4 amide bonds. The van der Waals surface area contributed by atoms with E-state index in [2.05, 4.69) is 86.8 Å². The number of nitrogens with one attached hydrogen (secondary N) is 1. The quantitative estimate of drug-likeness (QED) is 0.0582. The van der Waals surface area contributed by atoms with Crippen molar-refractivity contribution in [1.82, 2.24) is 44.3 Å². The van der Waals surface area contributed by atoms with Crippen LogP contribution in [0.1, 0.15) is 225 Å². The van der Waals surface area contributed by atoms with Gasteiger partial charge >= 0.3 is 0 Å². The highest BCUT2D eigenvalue weighted by molar-refractivity contribution is 6.11. The van der Waals surface area contributed by atoms with Crippen molar-refractivity contribution in [3.05, 3.63) is 254 Å². The molecular weight excluding hydrogens is 1720 g/mol. The third-order valence-corrected chi connectivity index (χ3v) is 27.8. The Labute approximate surface area is 783 Å². The van der Waals surface area contributed by atoms with Crippen LogP contribution in [0.5, 0.6) is 23.0 Å². The minimum absolute atomic E-state index is 0. The van der Waals surface area contributed by atoms with Crippen LogP contribution in [0.3, 0.4) is 0 Å². The van der Waals surface area contributed by atoms with Crippen LogP contribution in [0.4, 0.5) is 0 Å². The average Bonchev–Trinajstić information content (AvgIpc) is 1.64. The van der Waals surface area contributed by atoms with E-state index in [4.69, 9.17) is 28.1 Å².